The lowest BCUT2D eigenvalue weighted by Gasteiger charge is -2.45. The number of alkyl halides is 3. The highest BCUT2D eigenvalue weighted by Crippen LogP contribution is 2.44. The number of carbonyl (C=O) groups excluding carboxylic acids is 2. The van der Waals surface area contributed by atoms with Crippen molar-refractivity contribution in [3.8, 4) is 0 Å². The average Bonchev–Trinajstić information content (AvgIpc) is 2.79. The Balaban J connectivity index is 1.55. The van der Waals surface area contributed by atoms with Crippen LogP contribution in [-0.2, 0) is 14.3 Å². The van der Waals surface area contributed by atoms with Crippen LogP contribution >= 0.6 is 23.2 Å². The molecular formula is C22H34Cl2FN3O3. The largest absolute Gasteiger partial charge is 0.380 e. The Morgan fingerprint density at radius 2 is 1.81 bits per heavy atom. The van der Waals surface area contributed by atoms with Gasteiger partial charge in [0.1, 0.15) is 6.17 Å². The van der Waals surface area contributed by atoms with Crippen LogP contribution in [0.2, 0.25) is 0 Å². The maximum absolute atomic E-state index is 14.2. The molecule has 7 unspecified atom stereocenters. The Morgan fingerprint density at radius 3 is 2.45 bits per heavy atom. The highest BCUT2D eigenvalue weighted by molar-refractivity contribution is 6.22. The summed E-state index contributed by atoms with van der Waals surface area (Å²) in [6, 6.07) is -0.0403. The van der Waals surface area contributed by atoms with Crippen LogP contribution in [0.5, 0.6) is 0 Å². The Bertz CT molecular complexity index is 647. The molecule has 176 valence electrons. The molecule has 1 saturated heterocycles. The zero-order chi connectivity index (χ0) is 22.5. The number of methoxy groups -OCH3 is 1. The lowest BCUT2D eigenvalue weighted by Crippen LogP contribution is -2.56. The minimum Gasteiger partial charge on any atom is -0.380 e. The summed E-state index contributed by atoms with van der Waals surface area (Å²) in [5, 5.41) is 2.75. The van der Waals surface area contributed by atoms with E-state index in [0.717, 1.165) is 12.8 Å². The zero-order valence-electron chi connectivity index (χ0n) is 18.2. The third-order valence-corrected chi connectivity index (χ3v) is 8.25. The van der Waals surface area contributed by atoms with E-state index in [1.54, 1.807) is 16.9 Å². The number of carbonyl (C=O) groups is 2. The van der Waals surface area contributed by atoms with Crippen molar-refractivity contribution in [1.82, 2.24) is 15.1 Å². The van der Waals surface area contributed by atoms with Gasteiger partial charge >= 0.3 is 0 Å². The number of rotatable bonds is 6. The minimum atomic E-state index is -0.982. The molecule has 7 atom stereocenters. The molecule has 2 saturated carbocycles. The van der Waals surface area contributed by atoms with Gasteiger partial charge in [-0.2, -0.15) is 0 Å². The second-order valence-electron chi connectivity index (χ2n) is 8.88. The quantitative estimate of drug-likeness (QED) is 0.471. The van der Waals surface area contributed by atoms with Gasteiger partial charge in [-0.3, -0.25) is 9.59 Å². The Kier molecular flexibility index (Phi) is 9.02. The summed E-state index contributed by atoms with van der Waals surface area (Å²) in [7, 11) is 1.66. The van der Waals surface area contributed by atoms with Gasteiger partial charge in [-0.25, -0.2) is 4.39 Å². The van der Waals surface area contributed by atoms with Crippen molar-refractivity contribution in [2.45, 2.75) is 61.2 Å². The fourth-order valence-electron chi connectivity index (χ4n) is 5.29. The van der Waals surface area contributed by atoms with Crippen molar-refractivity contribution >= 4 is 35.0 Å². The molecule has 0 aromatic rings. The van der Waals surface area contributed by atoms with Gasteiger partial charge in [0, 0.05) is 44.7 Å². The van der Waals surface area contributed by atoms with Crippen LogP contribution in [0.3, 0.4) is 0 Å². The van der Waals surface area contributed by atoms with Crippen molar-refractivity contribution < 1.29 is 18.7 Å². The number of nitrogens with one attached hydrogen (secondary N) is 1. The summed E-state index contributed by atoms with van der Waals surface area (Å²) < 4.78 is 19.9. The van der Waals surface area contributed by atoms with Crippen LogP contribution in [0.4, 0.5) is 4.39 Å². The molecule has 6 nitrogen and oxygen atoms in total. The molecule has 1 N–H and O–H groups in total. The van der Waals surface area contributed by atoms with Crippen LogP contribution in [0.25, 0.3) is 0 Å². The lowest BCUT2D eigenvalue weighted by molar-refractivity contribution is -0.136. The number of piperazine rings is 1. The highest BCUT2D eigenvalue weighted by atomic mass is 35.5. The van der Waals surface area contributed by atoms with Crippen LogP contribution < -0.4 is 5.32 Å². The first-order valence-corrected chi connectivity index (χ1v) is 12.1. The molecule has 1 aliphatic heterocycles. The first-order chi connectivity index (χ1) is 14.8. The van der Waals surface area contributed by atoms with E-state index in [1.807, 2.05) is 0 Å². The fourth-order valence-corrected chi connectivity index (χ4v) is 6.20. The Labute approximate surface area is 194 Å². The third kappa shape index (κ3) is 5.92. The van der Waals surface area contributed by atoms with E-state index in [9.17, 15) is 14.0 Å². The minimum absolute atomic E-state index is 0.00168. The second kappa shape index (κ2) is 11.3. The summed E-state index contributed by atoms with van der Waals surface area (Å²) >= 11 is 13.1. The topological polar surface area (TPSA) is 61.9 Å². The van der Waals surface area contributed by atoms with Gasteiger partial charge in [-0.05, 0) is 43.6 Å². The molecule has 0 aromatic heterocycles. The molecule has 3 aliphatic rings. The molecule has 9 heteroatoms. The second-order valence-corrected chi connectivity index (χ2v) is 9.94. The van der Waals surface area contributed by atoms with E-state index in [2.05, 4.69) is 11.9 Å². The molecule has 3 fully saturated rings. The number of nitrogens with zero attached hydrogens (tertiary/aromatic N) is 2. The normalized spacial score (nSPS) is 36.8. The van der Waals surface area contributed by atoms with Crippen LogP contribution in [0.15, 0.2) is 12.7 Å². The van der Waals surface area contributed by atoms with Gasteiger partial charge in [-0.15, -0.1) is 23.2 Å². The van der Waals surface area contributed by atoms with Gasteiger partial charge in [0.15, 0.2) is 0 Å². The van der Waals surface area contributed by atoms with E-state index in [1.165, 1.54) is 6.08 Å². The van der Waals surface area contributed by atoms with Gasteiger partial charge in [0.2, 0.25) is 11.8 Å². The smallest absolute Gasteiger partial charge is 0.246 e. The number of ether oxygens (including phenoxy) is 1. The van der Waals surface area contributed by atoms with Crippen molar-refractivity contribution in [3.63, 3.8) is 0 Å². The molecule has 0 spiro atoms. The molecular weight excluding hydrogens is 444 g/mol. The molecule has 0 bridgehead atoms. The van der Waals surface area contributed by atoms with E-state index in [4.69, 9.17) is 27.9 Å². The van der Waals surface area contributed by atoms with E-state index >= 15 is 0 Å². The van der Waals surface area contributed by atoms with Gasteiger partial charge in [0.25, 0.3) is 0 Å². The first-order valence-electron chi connectivity index (χ1n) is 11.2. The molecule has 2 aliphatic carbocycles. The van der Waals surface area contributed by atoms with E-state index in [0.29, 0.717) is 45.4 Å². The summed E-state index contributed by atoms with van der Waals surface area (Å²) in [6.07, 6.45) is 3.81. The van der Waals surface area contributed by atoms with Gasteiger partial charge < -0.3 is 19.9 Å². The zero-order valence-corrected chi connectivity index (χ0v) is 19.7. The standard InChI is InChI=1S/C22H34Cl2FN3O3/c1-3-20(29)27-7-9-28(10-8-27)21(30)13-26-18-11-15(16(23)12-19(18)31-2)14-5-4-6-17(25)22(14)24/h3,14-19,22,26H,1,4-13H2,2H3. The maximum Gasteiger partial charge on any atom is 0.246 e. The van der Waals surface area contributed by atoms with E-state index < -0.39 is 11.5 Å². The predicted molar refractivity (Wildman–Crippen MR) is 120 cm³/mol. The van der Waals surface area contributed by atoms with Gasteiger partial charge in [0.05, 0.1) is 18.0 Å². The molecule has 0 aromatic carbocycles. The number of hydrogen-bond acceptors (Lipinski definition) is 4. The molecule has 1 heterocycles. The van der Waals surface area contributed by atoms with Gasteiger partial charge in [-0.1, -0.05) is 13.0 Å². The SMILES string of the molecule is C=CC(=O)N1CCN(C(=O)CNC2CC(C3CCCC(F)C3Cl)C(Cl)CC2OC)CC1. The Hall–Kier alpha value is -0.890. The summed E-state index contributed by atoms with van der Waals surface area (Å²) in [4.78, 5) is 27.9. The monoisotopic (exact) mass is 477 g/mol. The summed E-state index contributed by atoms with van der Waals surface area (Å²) in [6.45, 7) is 5.76. The molecule has 31 heavy (non-hydrogen) atoms. The summed E-state index contributed by atoms with van der Waals surface area (Å²) in [5.41, 5.74) is 0. The van der Waals surface area contributed by atoms with E-state index in [-0.39, 0.29) is 47.7 Å². The van der Waals surface area contributed by atoms with Crippen LogP contribution in [0, 0.1) is 11.8 Å². The number of amides is 2. The summed E-state index contributed by atoms with van der Waals surface area (Å²) in [5.74, 6) is 0.0334. The average molecular weight is 478 g/mol. The highest BCUT2D eigenvalue weighted by Gasteiger charge is 2.45. The van der Waals surface area contributed by atoms with Crippen molar-refractivity contribution in [3.05, 3.63) is 12.7 Å². The fraction of sp³-hybridized carbons (Fsp3) is 0.818. The van der Waals surface area contributed by atoms with Crippen molar-refractivity contribution in [2.75, 3.05) is 39.8 Å². The van der Waals surface area contributed by atoms with Crippen molar-refractivity contribution in [2.24, 2.45) is 11.8 Å². The van der Waals surface area contributed by atoms with Crippen molar-refractivity contribution in [1.29, 1.82) is 0 Å². The molecule has 0 radical (unpaired) electrons. The molecule has 3 rings (SSSR count). The first kappa shape index (κ1) is 24.7. The predicted octanol–water partition coefficient (Wildman–Crippen LogP) is 2.58. The number of hydrogen-bond donors (Lipinski definition) is 1. The van der Waals surface area contributed by atoms with Crippen LogP contribution in [0.1, 0.15) is 32.1 Å². The number of halogens is 3. The molecule has 2 amide bonds. The lowest BCUT2D eigenvalue weighted by atomic mass is 9.70. The Morgan fingerprint density at radius 1 is 1.13 bits per heavy atom. The third-order valence-electron chi connectivity index (χ3n) is 7.16. The maximum atomic E-state index is 14.2. The van der Waals surface area contributed by atoms with Crippen LogP contribution in [-0.4, -0.2) is 90.5 Å².